The van der Waals surface area contributed by atoms with Gasteiger partial charge in [0.05, 0.1) is 6.10 Å². The molecule has 1 aromatic rings. The van der Waals surface area contributed by atoms with E-state index in [1.54, 1.807) is 0 Å². The lowest BCUT2D eigenvalue weighted by atomic mass is 9.86. The van der Waals surface area contributed by atoms with E-state index in [-0.39, 0.29) is 6.04 Å². The van der Waals surface area contributed by atoms with Crippen LogP contribution in [0.3, 0.4) is 0 Å². The van der Waals surface area contributed by atoms with Gasteiger partial charge in [-0.15, -0.1) is 0 Å². The normalized spacial score (nSPS) is 25.1. The zero-order valence-corrected chi connectivity index (χ0v) is 13.4. The van der Waals surface area contributed by atoms with Gasteiger partial charge < -0.3 is 10.5 Å². The fourth-order valence-corrected chi connectivity index (χ4v) is 3.16. The third-order valence-corrected chi connectivity index (χ3v) is 4.62. The lowest BCUT2D eigenvalue weighted by Gasteiger charge is -2.29. The Balaban J connectivity index is 2.04. The van der Waals surface area contributed by atoms with Gasteiger partial charge in [-0.05, 0) is 50.7 Å². The van der Waals surface area contributed by atoms with Crippen molar-refractivity contribution in [3.8, 4) is 5.75 Å². The monoisotopic (exact) mass is 325 g/mol. The van der Waals surface area contributed by atoms with E-state index in [1.807, 2.05) is 19.1 Å². The second kappa shape index (κ2) is 6.76. The molecule has 1 saturated carbocycles. The molecule has 1 atom stereocenters. The highest BCUT2D eigenvalue weighted by atomic mass is 79.9. The molecule has 1 aromatic carbocycles. The van der Waals surface area contributed by atoms with Crippen LogP contribution in [0, 0.1) is 5.92 Å². The molecule has 19 heavy (non-hydrogen) atoms. The minimum absolute atomic E-state index is 0.00933. The van der Waals surface area contributed by atoms with Gasteiger partial charge >= 0.3 is 0 Å². The van der Waals surface area contributed by atoms with Crippen LogP contribution in [0.4, 0.5) is 0 Å². The Morgan fingerprint density at radius 3 is 2.58 bits per heavy atom. The van der Waals surface area contributed by atoms with Gasteiger partial charge in [0.15, 0.2) is 0 Å². The summed E-state index contributed by atoms with van der Waals surface area (Å²) in [5.74, 6) is 1.85. The van der Waals surface area contributed by atoms with E-state index in [2.05, 4.69) is 28.9 Å². The summed E-state index contributed by atoms with van der Waals surface area (Å²) in [5.41, 5.74) is 7.12. The summed E-state index contributed by atoms with van der Waals surface area (Å²) in [4.78, 5) is 0. The molecule has 0 saturated heterocycles. The lowest BCUT2D eigenvalue weighted by molar-refractivity contribution is 0.128. The summed E-state index contributed by atoms with van der Waals surface area (Å²) in [6.07, 6.45) is 6.59. The number of nitrogens with two attached hydrogens (primary N) is 1. The molecule has 2 rings (SSSR count). The summed E-state index contributed by atoms with van der Waals surface area (Å²) < 4.78 is 7.26. The zero-order chi connectivity index (χ0) is 13.8. The molecule has 0 heterocycles. The highest BCUT2D eigenvalue weighted by Gasteiger charge is 2.22. The molecule has 0 bridgehead atoms. The molecular formula is C16H24BrNO. The summed E-state index contributed by atoms with van der Waals surface area (Å²) in [6.45, 7) is 4.29. The summed E-state index contributed by atoms with van der Waals surface area (Å²) in [6, 6.07) is 6.14. The minimum atomic E-state index is 0.00933. The molecule has 1 fully saturated rings. The molecule has 0 radical (unpaired) electrons. The Hall–Kier alpha value is -0.540. The molecule has 106 valence electrons. The maximum absolute atomic E-state index is 6.21. The Morgan fingerprint density at radius 1 is 1.32 bits per heavy atom. The first-order chi connectivity index (χ1) is 9.10. The Bertz CT molecular complexity index is 411. The minimum Gasteiger partial charge on any atom is -0.490 e. The molecule has 0 spiro atoms. The Morgan fingerprint density at radius 2 is 2.00 bits per heavy atom. The topological polar surface area (TPSA) is 35.2 Å². The quantitative estimate of drug-likeness (QED) is 0.861. The SMILES string of the molecule is CCC1CCC(Oc2cc(Br)ccc2C(C)N)CC1. The van der Waals surface area contributed by atoms with Gasteiger partial charge in [-0.2, -0.15) is 0 Å². The number of ether oxygens (including phenoxy) is 1. The van der Waals surface area contributed by atoms with E-state index in [0.29, 0.717) is 6.10 Å². The fraction of sp³-hybridized carbons (Fsp3) is 0.625. The van der Waals surface area contributed by atoms with Crippen molar-refractivity contribution in [3.63, 3.8) is 0 Å². The van der Waals surface area contributed by atoms with Crippen LogP contribution in [0.5, 0.6) is 5.75 Å². The van der Waals surface area contributed by atoms with Gasteiger partial charge in [-0.3, -0.25) is 0 Å². The van der Waals surface area contributed by atoms with E-state index in [4.69, 9.17) is 10.5 Å². The van der Waals surface area contributed by atoms with Crippen molar-refractivity contribution in [1.82, 2.24) is 0 Å². The van der Waals surface area contributed by atoms with Crippen LogP contribution < -0.4 is 10.5 Å². The first-order valence-corrected chi connectivity index (χ1v) is 8.11. The molecule has 1 unspecified atom stereocenters. The molecule has 2 nitrogen and oxygen atoms in total. The van der Waals surface area contributed by atoms with Crippen LogP contribution in [0.25, 0.3) is 0 Å². The predicted molar refractivity (Wildman–Crippen MR) is 83.4 cm³/mol. The van der Waals surface area contributed by atoms with Crippen molar-refractivity contribution in [2.24, 2.45) is 11.7 Å². The van der Waals surface area contributed by atoms with E-state index in [9.17, 15) is 0 Å². The van der Waals surface area contributed by atoms with Crippen molar-refractivity contribution < 1.29 is 4.74 Å². The number of hydrogen-bond donors (Lipinski definition) is 1. The van der Waals surface area contributed by atoms with E-state index in [1.165, 1.54) is 32.1 Å². The maximum Gasteiger partial charge on any atom is 0.125 e. The third-order valence-electron chi connectivity index (χ3n) is 4.13. The highest BCUT2D eigenvalue weighted by molar-refractivity contribution is 9.10. The standard InChI is InChI=1S/C16H24BrNO/c1-3-12-4-7-14(8-5-12)19-16-10-13(17)6-9-15(16)11(2)18/h6,9-12,14H,3-5,7-8,18H2,1-2H3. The first kappa shape index (κ1) is 14.9. The van der Waals surface area contributed by atoms with E-state index < -0.39 is 0 Å². The highest BCUT2D eigenvalue weighted by Crippen LogP contribution is 2.33. The van der Waals surface area contributed by atoms with Crippen molar-refractivity contribution >= 4 is 15.9 Å². The average molecular weight is 326 g/mol. The van der Waals surface area contributed by atoms with Gasteiger partial charge in [-0.1, -0.05) is 35.3 Å². The molecule has 0 aromatic heterocycles. The Labute approximate surface area is 124 Å². The number of benzene rings is 1. The molecule has 2 N–H and O–H groups in total. The van der Waals surface area contributed by atoms with Crippen LogP contribution in [-0.2, 0) is 0 Å². The average Bonchev–Trinajstić information content (AvgIpc) is 2.39. The van der Waals surface area contributed by atoms with Gasteiger partial charge in [-0.25, -0.2) is 0 Å². The second-order valence-electron chi connectivity index (χ2n) is 5.64. The number of rotatable bonds is 4. The smallest absolute Gasteiger partial charge is 0.125 e. The van der Waals surface area contributed by atoms with Crippen molar-refractivity contribution in [3.05, 3.63) is 28.2 Å². The van der Waals surface area contributed by atoms with Crippen LogP contribution in [0.2, 0.25) is 0 Å². The van der Waals surface area contributed by atoms with E-state index in [0.717, 1.165) is 21.7 Å². The molecule has 0 aliphatic heterocycles. The van der Waals surface area contributed by atoms with Crippen LogP contribution in [0.15, 0.2) is 22.7 Å². The molecule has 0 amide bonds. The maximum atomic E-state index is 6.21. The summed E-state index contributed by atoms with van der Waals surface area (Å²) in [5, 5.41) is 0. The van der Waals surface area contributed by atoms with E-state index >= 15 is 0 Å². The van der Waals surface area contributed by atoms with Gasteiger partial charge in [0, 0.05) is 16.1 Å². The number of hydrogen-bond acceptors (Lipinski definition) is 2. The molecule has 1 aliphatic rings. The predicted octanol–water partition coefficient (Wildman–Crippen LogP) is 4.82. The third kappa shape index (κ3) is 3.96. The van der Waals surface area contributed by atoms with Crippen LogP contribution in [-0.4, -0.2) is 6.10 Å². The largest absolute Gasteiger partial charge is 0.490 e. The van der Waals surface area contributed by atoms with Crippen molar-refractivity contribution in [2.75, 3.05) is 0 Å². The van der Waals surface area contributed by atoms with Gasteiger partial charge in [0.25, 0.3) is 0 Å². The molecular weight excluding hydrogens is 302 g/mol. The second-order valence-corrected chi connectivity index (χ2v) is 6.56. The van der Waals surface area contributed by atoms with Crippen molar-refractivity contribution in [2.45, 2.75) is 58.1 Å². The Kier molecular flexibility index (Phi) is 5.28. The molecule has 1 aliphatic carbocycles. The van der Waals surface area contributed by atoms with Crippen LogP contribution in [0.1, 0.15) is 57.6 Å². The molecule has 3 heteroatoms. The lowest BCUT2D eigenvalue weighted by Crippen LogP contribution is -2.24. The zero-order valence-electron chi connectivity index (χ0n) is 11.9. The summed E-state index contributed by atoms with van der Waals surface area (Å²) in [7, 11) is 0. The van der Waals surface area contributed by atoms with Gasteiger partial charge in [0.1, 0.15) is 5.75 Å². The van der Waals surface area contributed by atoms with Crippen LogP contribution >= 0.6 is 15.9 Å². The van der Waals surface area contributed by atoms with Gasteiger partial charge in [0.2, 0.25) is 0 Å². The van der Waals surface area contributed by atoms with Crippen molar-refractivity contribution in [1.29, 1.82) is 0 Å². The first-order valence-electron chi connectivity index (χ1n) is 7.31. The summed E-state index contributed by atoms with van der Waals surface area (Å²) >= 11 is 3.51. The number of halogens is 1. The fourth-order valence-electron chi connectivity index (χ4n) is 2.82.